The first kappa shape index (κ1) is 15.2. The van der Waals surface area contributed by atoms with Crippen molar-refractivity contribution in [2.24, 2.45) is 0 Å². The molecule has 2 rings (SSSR count). The first-order valence-corrected chi connectivity index (χ1v) is 7.60. The van der Waals surface area contributed by atoms with Crippen LogP contribution in [0.15, 0.2) is 35.5 Å². The van der Waals surface area contributed by atoms with Gasteiger partial charge in [0, 0.05) is 12.1 Å². The van der Waals surface area contributed by atoms with Gasteiger partial charge in [-0.2, -0.15) is 0 Å². The Morgan fingerprint density at radius 1 is 1.43 bits per heavy atom. The van der Waals surface area contributed by atoms with Gasteiger partial charge in [-0.3, -0.25) is 4.79 Å². The maximum atomic E-state index is 11.5. The first-order valence-electron chi connectivity index (χ1n) is 6.61. The number of H-pyrrole nitrogens is 1. The lowest BCUT2D eigenvalue weighted by Gasteiger charge is -1.99. The van der Waals surface area contributed by atoms with Gasteiger partial charge in [-0.1, -0.05) is 48.0 Å². The molecule has 1 aromatic carbocycles. The Morgan fingerprint density at radius 2 is 2.19 bits per heavy atom. The summed E-state index contributed by atoms with van der Waals surface area (Å²) < 4.78 is 0. The molecular formula is C16H17N3OS. The molecule has 0 aliphatic carbocycles. The molecular weight excluding hydrogens is 282 g/mol. The quantitative estimate of drug-likeness (QED) is 0.635. The summed E-state index contributed by atoms with van der Waals surface area (Å²) >= 11 is 1.38. The zero-order chi connectivity index (χ0) is 15.1. The third-order valence-electron chi connectivity index (χ3n) is 2.91. The fourth-order valence-corrected chi connectivity index (χ4v) is 2.60. The predicted molar refractivity (Wildman–Crippen MR) is 85.1 cm³/mol. The van der Waals surface area contributed by atoms with E-state index in [9.17, 15) is 4.79 Å². The third-order valence-corrected chi connectivity index (χ3v) is 3.78. The van der Waals surface area contributed by atoms with Crippen LogP contribution in [0.4, 0.5) is 0 Å². The van der Waals surface area contributed by atoms with Gasteiger partial charge in [0.2, 0.25) is 5.91 Å². The van der Waals surface area contributed by atoms with E-state index in [1.54, 1.807) is 0 Å². The Kier molecular flexibility index (Phi) is 5.47. The van der Waals surface area contributed by atoms with Gasteiger partial charge in [0.05, 0.1) is 18.0 Å². The summed E-state index contributed by atoms with van der Waals surface area (Å²) in [4.78, 5) is 19.2. The number of carbonyl (C=O) groups excluding carboxylic acids is 1. The molecule has 2 N–H and O–H groups in total. The van der Waals surface area contributed by atoms with Crippen LogP contribution in [0.25, 0.3) is 0 Å². The molecule has 4 nitrogen and oxygen atoms in total. The van der Waals surface area contributed by atoms with Crippen molar-refractivity contribution in [3.05, 3.63) is 47.3 Å². The second kappa shape index (κ2) is 7.55. The second-order valence-corrected chi connectivity index (χ2v) is 5.51. The van der Waals surface area contributed by atoms with E-state index in [1.165, 1.54) is 17.3 Å². The maximum absolute atomic E-state index is 11.5. The van der Waals surface area contributed by atoms with E-state index in [4.69, 9.17) is 6.42 Å². The van der Waals surface area contributed by atoms with Crippen molar-refractivity contribution in [1.29, 1.82) is 0 Å². The van der Waals surface area contributed by atoms with Crippen LogP contribution in [0, 0.1) is 19.3 Å². The summed E-state index contributed by atoms with van der Waals surface area (Å²) in [6.07, 6.45) is 5.88. The smallest absolute Gasteiger partial charge is 0.231 e. The van der Waals surface area contributed by atoms with Crippen LogP contribution in [-0.4, -0.2) is 28.2 Å². The van der Waals surface area contributed by atoms with Gasteiger partial charge in [-0.25, -0.2) is 4.98 Å². The number of carbonyl (C=O) groups is 1. The van der Waals surface area contributed by atoms with Crippen LogP contribution < -0.4 is 5.32 Å². The molecule has 0 bridgehead atoms. The van der Waals surface area contributed by atoms with Gasteiger partial charge in [0.25, 0.3) is 0 Å². The van der Waals surface area contributed by atoms with Gasteiger partial charge >= 0.3 is 0 Å². The number of rotatable bonds is 6. The monoisotopic (exact) mass is 299 g/mol. The Morgan fingerprint density at radius 3 is 2.90 bits per heavy atom. The van der Waals surface area contributed by atoms with Gasteiger partial charge in [-0.05, 0) is 12.5 Å². The number of aromatic amines is 1. The van der Waals surface area contributed by atoms with Crippen LogP contribution in [0.2, 0.25) is 0 Å². The Bertz CT molecular complexity index is 643. The fourth-order valence-electron chi connectivity index (χ4n) is 1.83. The minimum Gasteiger partial charge on any atom is -0.344 e. The number of benzene rings is 1. The zero-order valence-electron chi connectivity index (χ0n) is 11.8. The average molecular weight is 299 g/mol. The summed E-state index contributed by atoms with van der Waals surface area (Å²) in [7, 11) is 0. The number of hydrogen-bond donors (Lipinski definition) is 2. The van der Waals surface area contributed by atoms with Crippen molar-refractivity contribution in [3.63, 3.8) is 0 Å². The number of terminal acetylenes is 1. The highest BCUT2D eigenvalue weighted by Gasteiger charge is 2.09. The fraction of sp³-hybridized carbons (Fsp3) is 0.250. The van der Waals surface area contributed by atoms with E-state index < -0.39 is 0 Å². The molecule has 1 aromatic heterocycles. The molecule has 5 heteroatoms. The van der Waals surface area contributed by atoms with Gasteiger partial charge in [0.1, 0.15) is 0 Å². The van der Waals surface area contributed by atoms with E-state index in [-0.39, 0.29) is 12.5 Å². The molecule has 1 amide bonds. The topological polar surface area (TPSA) is 57.8 Å². The van der Waals surface area contributed by atoms with Crippen LogP contribution >= 0.6 is 11.8 Å². The number of nitrogens with zero attached hydrogens (tertiary/aromatic N) is 1. The van der Waals surface area contributed by atoms with E-state index in [0.717, 1.165) is 23.0 Å². The molecule has 0 fully saturated rings. The highest BCUT2D eigenvalue weighted by atomic mass is 32.2. The minimum absolute atomic E-state index is 0.0865. The van der Waals surface area contributed by atoms with E-state index >= 15 is 0 Å². The van der Waals surface area contributed by atoms with Gasteiger partial charge in [0.15, 0.2) is 5.16 Å². The lowest BCUT2D eigenvalue weighted by atomic mass is 10.1. The number of amides is 1. The molecule has 0 aliphatic heterocycles. The van der Waals surface area contributed by atoms with E-state index in [2.05, 4.69) is 33.3 Å². The summed E-state index contributed by atoms with van der Waals surface area (Å²) in [5, 5.41) is 3.38. The Balaban J connectivity index is 1.93. The number of nitrogens with one attached hydrogen (secondary N) is 2. The minimum atomic E-state index is -0.0865. The molecule has 21 heavy (non-hydrogen) atoms. The molecule has 0 atom stereocenters. The molecule has 1 heterocycles. The summed E-state index contributed by atoms with van der Waals surface area (Å²) in [6, 6.07) is 10.2. The number of aryl methyl sites for hydroxylation is 1. The standard InChI is InChI=1S/C16H17N3OS/c1-3-9-17-15(20)11-21-16-18-12(2)14(19-16)10-13-7-5-4-6-8-13/h1,4-8H,9-11H2,2H3,(H,17,20)(H,18,19). The number of thioether (sulfide) groups is 1. The van der Waals surface area contributed by atoms with Crippen molar-refractivity contribution in [2.45, 2.75) is 18.5 Å². The van der Waals surface area contributed by atoms with E-state index in [1.807, 2.05) is 25.1 Å². The van der Waals surface area contributed by atoms with E-state index in [0.29, 0.717) is 5.75 Å². The first-order chi connectivity index (χ1) is 10.2. The molecule has 2 aromatic rings. The van der Waals surface area contributed by atoms with Gasteiger partial charge < -0.3 is 10.3 Å². The molecule has 108 valence electrons. The van der Waals surface area contributed by atoms with Crippen LogP contribution in [-0.2, 0) is 11.2 Å². The third kappa shape index (κ3) is 4.69. The Labute approximate surface area is 128 Å². The number of imidazole rings is 1. The summed E-state index contributed by atoms with van der Waals surface area (Å²) in [5.41, 5.74) is 3.26. The lowest BCUT2D eigenvalue weighted by Crippen LogP contribution is -2.25. The van der Waals surface area contributed by atoms with Crippen molar-refractivity contribution in [1.82, 2.24) is 15.3 Å². The van der Waals surface area contributed by atoms with Gasteiger partial charge in [-0.15, -0.1) is 6.42 Å². The molecule has 0 radical (unpaired) electrons. The largest absolute Gasteiger partial charge is 0.344 e. The van der Waals surface area contributed by atoms with Crippen molar-refractivity contribution in [3.8, 4) is 12.3 Å². The van der Waals surface area contributed by atoms with Crippen LogP contribution in [0.1, 0.15) is 17.0 Å². The second-order valence-electron chi connectivity index (χ2n) is 4.55. The van der Waals surface area contributed by atoms with Crippen LogP contribution in [0.5, 0.6) is 0 Å². The molecule has 0 saturated carbocycles. The SMILES string of the molecule is C#CCNC(=O)CSc1nc(Cc2ccccc2)c(C)[nH]1. The van der Waals surface area contributed by atoms with Crippen molar-refractivity contribution < 1.29 is 4.79 Å². The molecule has 0 spiro atoms. The zero-order valence-corrected chi connectivity index (χ0v) is 12.7. The predicted octanol–water partition coefficient (Wildman–Crippen LogP) is 2.15. The van der Waals surface area contributed by atoms with Crippen molar-refractivity contribution in [2.75, 3.05) is 12.3 Å². The summed E-state index contributed by atoms with van der Waals surface area (Å²) in [6.45, 7) is 2.25. The molecule has 0 aliphatic rings. The number of aromatic nitrogens is 2. The highest BCUT2D eigenvalue weighted by molar-refractivity contribution is 7.99. The Hall–Kier alpha value is -2.19. The summed E-state index contributed by atoms with van der Waals surface area (Å²) in [5.74, 6) is 2.59. The van der Waals surface area contributed by atoms with Crippen LogP contribution in [0.3, 0.4) is 0 Å². The maximum Gasteiger partial charge on any atom is 0.231 e. The average Bonchev–Trinajstić information content (AvgIpc) is 2.84. The molecule has 0 unspecified atom stereocenters. The normalized spacial score (nSPS) is 10.1. The van der Waals surface area contributed by atoms with Crippen molar-refractivity contribution >= 4 is 17.7 Å². The number of hydrogen-bond acceptors (Lipinski definition) is 3. The molecule has 0 saturated heterocycles. The lowest BCUT2D eigenvalue weighted by molar-refractivity contribution is -0.118. The highest BCUT2D eigenvalue weighted by Crippen LogP contribution is 2.18.